The van der Waals surface area contributed by atoms with Gasteiger partial charge in [0.15, 0.2) is 10.9 Å². The van der Waals surface area contributed by atoms with Gasteiger partial charge in [-0.2, -0.15) is 0 Å². The van der Waals surface area contributed by atoms with Crippen LogP contribution in [0.1, 0.15) is 18.2 Å². The molecule has 1 aromatic carbocycles. The lowest BCUT2D eigenvalue weighted by atomic mass is 9.93. The van der Waals surface area contributed by atoms with Crippen molar-refractivity contribution in [3.63, 3.8) is 0 Å². The number of aromatic hydroxyl groups is 1. The number of fused-ring (bicyclic) bond motifs is 1. The Kier molecular flexibility index (Phi) is 5.20. The van der Waals surface area contributed by atoms with E-state index in [2.05, 4.69) is 4.98 Å². The van der Waals surface area contributed by atoms with Crippen molar-refractivity contribution in [2.24, 2.45) is 5.92 Å². The summed E-state index contributed by atoms with van der Waals surface area (Å²) in [6.45, 7) is 1.01. The van der Waals surface area contributed by atoms with Gasteiger partial charge in [0.05, 0.1) is 5.69 Å². The minimum atomic E-state index is -1.28. The molecule has 2 heterocycles. The second-order valence-corrected chi connectivity index (χ2v) is 7.95. The van der Waals surface area contributed by atoms with Crippen molar-refractivity contribution in [2.75, 3.05) is 19.6 Å². The number of hydrogen-bond donors (Lipinski definition) is 4. The Labute approximate surface area is 167 Å². The van der Waals surface area contributed by atoms with Crippen molar-refractivity contribution in [3.05, 3.63) is 53.3 Å². The monoisotopic (exact) mass is 406 g/mol. The van der Waals surface area contributed by atoms with E-state index in [0.29, 0.717) is 24.4 Å². The third kappa shape index (κ3) is 3.56. The van der Waals surface area contributed by atoms with E-state index in [0.717, 1.165) is 0 Å². The molecule has 0 unspecified atom stereocenters. The molecule has 4 N–H and O–H groups in total. The molecule has 1 aliphatic heterocycles. The fourth-order valence-electron chi connectivity index (χ4n) is 4.26. The van der Waals surface area contributed by atoms with Gasteiger partial charge >= 0.3 is 0 Å². The van der Waals surface area contributed by atoms with Gasteiger partial charge in [0.1, 0.15) is 29.7 Å². The first-order valence-electron chi connectivity index (χ1n) is 9.25. The van der Waals surface area contributed by atoms with Crippen molar-refractivity contribution in [1.29, 1.82) is 0 Å². The number of pyridine rings is 1. The van der Waals surface area contributed by atoms with Crippen LogP contribution in [-0.2, 0) is 0 Å². The van der Waals surface area contributed by atoms with E-state index in [9.17, 15) is 20.4 Å². The first-order valence-corrected chi connectivity index (χ1v) is 9.62. The number of aliphatic hydroxyl groups excluding tert-OH is 2. The van der Waals surface area contributed by atoms with Gasteiger partial charge in [-0.05, 0) is 30.7 Å². The first-order chi connectivity index (χ1) is 13.4. The van der Waals surface area contributed by atoms with Gasteiger partial charge in [0.25, 0.3) is 0 Å². The molecule has 5 atom stereocenters. The minimum absolute atomic E-state index is 0.0650. The van der Waals surface area contributed by atoms with E-state index in [1.54, 1.807) is 0 Å². The fourth-order valence-corrected chi connectivity index (χ4v) is 4.42. The Bertz CT molecular complexity index is 839. The summed E-state index contributed by atoms with van der Waals surface area (Å²) in [6.07, 6.45) is -1.88. The molecule has 1 aromatic heterocycles. The second kappa shape index (κ2) is 7.50. The minimum Gasteiger partial charge on any atom is -0.505 e. The molecule has 1 aliphatic carbocycles. The number of aromatic nitrogens is 1. The third-order valence-electron chi connectivity index (χ3n) is 5.70. The molecule has 8 heteroatoms. The molecular formula is C20H23ClN2O5. The predicted octanol–water partition coefficient (Wildman–Crippen LogP) is 1.35. The topological polar surface area (TPSA) is 106 Å². The maximum Gasteiger partial charge on any atom is 0.171 e. The number of aliphatic hydroxyl groups is 3. The zero-order chi connectivity index (χ0) is 19.9. The van der Waals surface area contributed by atoms with Gasteiger partial charge in [-0.3, -0.25) is 4.90 Å². The number of nitrogens with zero attached hydrogens (tertiary/aromatic N) is 2. The molecule has 0 bridgehead atoms. The Hall–Kier alpha value is -1.90. The molecule has 7 nitrogen and oxygen atoms in total. The number of halogens is 1. The van der Waals surface area contributed by atoms with Gasteiger partial charge in [-0.1, -0.05) is 29.8 Å². The van der Waals surface area contributed by atoms with Gasteiger partial charge < -0.3 is 25.2 Å². The van der Waals surface area contributed by atoms with Crippen LogP contribution < -0.4 is 4.74 Å². The zero-order valence-corrected chi connectivity index (χ0v) is 15.9. The molecule has 2 fully saturated rings. The Morgan fingerprint density at radius 2 is 2.00 bits per heavy atom. The SMILES string of the molecule is Oc1ccc([C@@H](O)CN2C[C@H]3C[C@H](Oc4ccccc4)[C@H](O)[C@@]3(O)C2)nc1Cl. The summed E-state index contributed by atoms with van der Waals surface area (Å²) in [5.74, 6) is 0.368. The van der Waals surface area contributed by atoms with Crippen LogP contribution in [0.25, 0.3) is 0 Å². The summed E-state index contributed by atoms with van der Waals surface area (Å²) in [5.41, 5.74) is -0.933. The summed E-state index contributed by atoms with van der Waals surface area (Å²) in [4.78, 5) is 5.89. The normalized spacial score (nSPS) is 30.9. The Morgan fingerprint density at radius 3 is 2.68 bits per heavy atom. The van der Waals surface area contributed by atoms with E-state index in [4.69, 9.17) is 16.3 Å². The highest BCUT2D eigenvalue weighted by atomic mass is 35.5. The lowest BCUT2D eigenvalue weighted by Crippen LogP contribution is -2.49. The number of likely N-dealkylation sites (tertiary alicyclic amines) is 1. The molecular weight excluding hydrogens is 384 g/mol. The molecule has 2 aromatic rings. The second-order valence-electron chi connectivity index (χ2n) is 7.59. The fraction of sp³-hybridized carbons (Fsp3) is 0.450. The predicted molar refractivity (Wildman–Crippen MR) is 102 cm³/mol. The maximum absolute atomic E-state index is 11.1. The number of ether oxygens (including phenoxy) is 1. The van der Waals surface area contributed by atoms with Crippen molar-refractivity contribution < 1.29 is 25.2 Å². The molecule has 1 saturated carbocycles. The van der Waals surface area contributed by atoms with Gasteiger partial charge in [0, 0.05) is 25.6 Å². The molecule has 150 valence electrons. The molecule has 0 radical (unpaired) electrons. The standard InChI is InChI=1S/C20H23ClN2O5/c21-19-15(24)7-6-14(22-19)16(25)10-23-9-12-8-17(18(26)20(12,27)11-23)28-13-4-2-1-3-5-13/h1-7,12,16-18,24-27H,8-11H2/t12-,16+,17+,18+,20-/m1/s1. The van der Waals surface area contributed by atoms with Gasteiger partial charge in [-0.15, -0.1) is 0 Å². The Morgan fingerprint density at radius 1 is 1.25 bits per heavy atom. The van der Waals surface area contributed by atoms with E-state index in [-0.39, 0.29) is 29.9 Å². The largest absolute Gasteiger partial charge is 0.505 e. The summed E-state index contributed by atoms with van der Waals surface area (Å²) in [7, 11) is 0. The van der Waals surface area contributed by atoms with Crippen LogP contribution in [0.2, 0.25) is 5.15 Å². The molecule has 4 rings (SSSR count). The summed E-state index contributed by atoms with van der Waals surface area (Å²) >= 11 is 5.80. The quantitative estimate of drug-likeness (QED) is 0.555. The van der Waals surface area contributed by atoms with Crippen LogP contribution in [-0.4, -0.2) is 67.8 Å². The van der Waals surface area contributed by atoms with Gasteiger partial charge in [0.2, 0.25) is 0 Å². The third-order valence-corrected chi connectivity index (χ3v) is 5.98. The van der Waals surface area contributed by atoms with Crippen molar-refractivity contribution >= 4 is 11.6 Å². The Balaban J connectivity index is 1.39. The van der Waals surface area contributed by atoms with Gasteiger partial charge in [-0.25, -0.2) is 4.98 Å². The lowest BCUT2D eigenvalue weighted by molar-refractivity contribution is -0.0876. The maximum atomic E-state index is 11.1. The molecule has 0 spiro atoms. The average Bonchev–Trinajstić information content (AvgIpc) is 3.10. The molecule has 1 saturated heterocycles. The number of hydrogen-bond acceptors (Lipinski definition) is 7. The highest BCUT2D eigenvalue weighted by molar-refractivity contribution is 6.30. The highest BCUT2D eigenvalue weighted by Gasteiger charge is 2.59. The first kappa shape index (κ1) is 19.4. The molecule has 0 amide bonds. The van der Waals surface area contributed by atoms with Crippen LogP contribution in [0.4, 0.5) is 0 Å². The summed E-state index contributed by atoms with van der Waals surface area (Å²) in [5, 5.41) is 41.6. The zero-order valence-electron chi connectivity index (χ0n) is 15.1. The average molecular weight is 407 g/mol. The number of β-amino-alcohol motifs (C(OH)–C–C–N with tert-alkyl or cyclic N) is 2. The smallest absolute Gasteiger partial charge is 0.171 e. The van der Waals surface area contributed by atoms with Crippen molar-refractivity contribution in [3.8, 4) is 11.5 Å². The van der Waals surface area contributed by atoms with Crippen LogP contribution in [0.3, 0.4) is 0 Å². The number of para-hydroxylation sites is 1. The van der Waals surface area contributed by atoms with Crippen molar-refractivity contribution in [1.82, 2.24) is 9.88 Å². The van der Waals surface area contributed by atoms with E-state index in [1.165, 1.54) is 12.1 Å². The van der Waals surface area contributed by atoms with E-state index < -0.39 is 23.9 Å². The molecule has 2 aliphatic rings. The highest BCUT2D eigenvalue weighted by Crippen LogP contribution is 2.43. The summed E-state index contributed by atoms with van der Waals surface area (Å²) in [6, 6.07) is 12.1. The van der Waals surface area contributed by atoms with Crippen LogP contribution in [0.5, 0.6) is 11.5 Å². The number of rotatable bonds is 5. The van der Waals surface area contributed by atoms with Crippen LogP contribution >= 0.6 is 11.6 Å². The van der Waals surface area contributed by atoms with Crippen LogP contribution in [0, 0.1) is 5.92 Å². The lowest BCUT2D eigenvalue weighted by Gasteiger charge is -2.29. The number of benzene rings is 1. The summed E-state index contributed by atoms with van der Waals surface area (Å²) < 4.78 is 5.87. The van der Waals surface area contributed by atoms with E-state index >= 15 is 0 Å². The van der Waals surface area contributed by atoms with Crippen LogP contribution in [0.15, 0.2) is 42.5 Å². The molecule has 28 heavy (non-hydrogen) atoms. The van der Waals surface area contributed by atoms with E-state index in [1.807, 2.05) is 35.2 Å². The van der Waals surface area contributed by atoms with Crippen molar-refractivity contribution in [2.45, 2.75) is 30.3 Å².